The quantitative estimate of drug-likeness (QED) is 0.770. The first-order valence-electron chi connectivity index (χ1n) is 5.15. The van der Waals surface area contributed by atoms with Crippen molar-refractivity contribution in [3.8, 4) is 0 Å². The summed E-state index contributed by atoms with van der Waals surface area (Å²) in [6.07, 6.45) is 0. The van der Waals surface area contributed by atoms with Crippen molar-refractivity contribution in [1.82, 2.24) is 4.98 Å². The number of anilines is 1. The van der Waals surface area contributed by atoms with E-state index in [4.69, 9.17) is 0 Å². The van der Waals surface area contributed by atoms with Crippen molar-refractivity contribution in [3.05, 3.63) is 23.8 Å². The summed E-state index contributed by atoms with van der Waals surface area (Å²) in [5.41, 5.74) is 2.48. The summed E-state index contributed by atoms with van der Waals surface area (Å²) in [6, 6.07) is 6.57. The second-order valence-electron chi connectivity index (χ2n) is 4.27. The minimum atomic E-state index is 0.568. The van der Waals surface area contributed by atoms with Gasteiger partial charge in [-0.3, -0.25) is 0 Å². The third-order valence-corrected chi connectivity index (χ3v) is 3.65. The van der Waals surface area contributed by atoms with Crippen molar-refractivity contribution in [2.45, 2.75) is 19.8 Å². The van der Waals surface area contributed by atoms with Crippen LogP contribution in [-0.4, -0.2) is 19.1 Å². The SMILES string of the molecule is CC(C)c1ccc2sc(N(C)C)nc2c1. The van der Waals surface area contributed by atoms with Gasteiger partial charge in [0.1, 0.15) is 0 Å². The van der Waals surface area contributed by atoms with Crippen LogP contribution in [0.4, 0.5) is 5.13 Å². The molecule has 0 saturated carbocycles. The highest BCUT2D eigenvalue weighted by Crippen LogP contribution is 2.29. The van der Waals surface area contributed by atoms with Crippen LogP contribution in [0.5, 0.6) is 0 Å². The zero-order valence-corrected chi connectivity index (χ0v) is 10.4. The molecule has 15 heavy (non-hydrogen) atoms. The van der Waals surface area contributed by atoms with Gasteiger partial charge < -0.3 is 4.90 Å². The van der Waals surface area contributed by atoms with Crippen LogP contribution in [0.15, 0.2) is 18.2 Å². The van der Waals surface area contributed by atoms with E-state index in [0.29, 0.717) is 5.92 Å². The normalized spacial score (nSPS) is 11.3. The molecule has 2 aromatic rings. The third kappa shape index (κ3) is 1.97. The summed E-state index contributed by atoms with van der Waals surface area (Å²) in [5.74, 6) is 0.568. The van der Waals surface area contributed by atoms with Crippen molar-refractivity contribution in [3.63, 3.8) is 0 Å². The van der Waals surface area contributed by atoms with Crippen LogP contribution in [0.25, 0.3) is 10.2 Å². The molecular formula is C12H16N2S. The highest BCUT2D eigenvalue weighted by atomic mass is 32.1. The van der Waals surface area contributed by atoms with Crippen LogP contribution in [0.3, 0.4) is 0 Å². The second-order valence-corrected chi connectivity index (χ2v) is 5.28. The second kappa shape index (κ2) is 3.81. The Morgan fingerprint density at radius 2 is 2.00 bits per heavy atom. The Morgan fingerprint density at radius 1 is 1.27 bits per heavy atom. The number of aromatic nitrogens is 1. The van der Waals surface area contributed by atoms with E-state index < -0.39 is 0 Å². The lowest BCUT2D eigenvalue weighted by atomic mass is 10.0. The lowest BCUT2D eigenvalue weighted by Gasteiger charge is -2.04. The van der Waals surface area contributed by atoms with Crippen LogP contribution < -0.4 is 4.90 Å². The molecule has 0 aliphatic rings. The van der Waals surface area contributed by atoms with E-state index in [9.17, 15) is 0 Å². The molecular weight excluding hydrogens is 204 g/mol. The first-order valence-corrected chi connectivity index (χ1v) is 5.97. The molecule has 3 heteroatoms. The summed E-state index contributed by atoms with van der Waals surface area (Å²) in [7, 11) is 4.06. The van der Waals surface area contributed by atoms with Gasteiger partial charge in [-0.15, -0.1) is 0 Å². The number of thiazole rings is 1. The Hall–Kier alpha value is -1.09. The smallest absolute Gasteiger partial charge is 0.185 e. The monoisotopic (exact) mass is 220 g/mol. The Morgan fingerprint density at radius 3 is 2.60 bits per heavy atom. The predicted octanol–water partition coefficient (Wildman–Crippen LogP) is 3.49. The molecule has 1 aromatic heterocycles. The summed E-state index contributed by atoms with van der Waals surface area (Å²) in [6.45, 7) is 4.42. The van der Waals surface area contributed by atoms with Crippen LogP contribution >= 0.6 is 11.3 Å². The summed E-state index contributed by atoms with van der Waals surface area (Å²) >= 11 is 1.74. The molecule has 2 rings (SSSR count). The maximum atomic E-state index is 4.60. The number of hydrogen-bond acceptors (Lipinski definition) is 3. The summed E-state index contributed by atoms with van der Waals surface area (Å²) in [5, 5.41) is 1.07. The molecule has 0 amide bonds. The molecule has 1 heterocycles. The Bertz CT molecular complexity index is 465. The van der Waals surface area contributed by atoms with Crippen molar-refractivity contribution in [1.29, 1.82) is 0 Å². The number of fused-ring (bicyclic) bond motifs is 1. The van der Waals surface area contributed by atoms with Gasteiger partial charge in [-0.2, -0.15) is 0 Å². The van der Waals surface area contributed by atoms with E-state index in [-0.39, 0.29) is 0 Å². The number of hydrogen-bond donors (Lipinski definition) is 0. The van der Waals surface area contributed by atoms with E-state index in [0.717, 1.165) is 10.6 Å². The van der Waals surface area contributed by atoms with Gasteiger partial charge >= 0.3 is 0 Å². The maximum Gasteiger partial charge on any atom is 0.185 e. The molecule has 1 aromatic carbocycles. The van der Waals surface area contributed by atoms with Crippen molar-refractivity contribution < 1.29 is 0 Å². The fraction of sp³-hybridized carbons (Fsp3) is 0.417. The molecule has 0 fully saturated rings. The van der Waals surface area contributed by atoms with Gasteiger partial charge in [-0.1, -0.05) is 31.3 Å². The average molecular weight is 220 g/mol. The van der Waals surface area contributed by atoms with Crippen LogP contribution in [-0.2, 0) is 0 Å². The number of benzene rings is 1. The van der Waals surface area contributed by atoms with E-state index in [1.807, 2.05) is 14.1 Å². The van der Waals surface area contributed by atoms with Gasteiger partial charge in [-0.05, 0) is 23.6 Å². The fourth-order valence-electron chi connectivity index (χ4n) is 1.48. The van der Waals surface area contributed by atoms with Crippen molar-refractivity contribution in [2.75, 3.05) is 19.0 Å². The molecule has 0 saturated heterocycles. The molecule has 0 atom stereocenters. The van der Waals surface area contributed by atoms with E-state index in [2.05, 4.69) is 41.9 Å². The minimum Gasteiger partial charge on any atom is -0.354 e. The fourth-order valence-corrected chi connectivity index (χ4v) is 2.35. The lowest BCUT2D eigenvalue weighted by Crippen LogP contribution is -2.07. The summed E-state index contributed by atoms with van der Waals surface area (Å²) in [4.78, 5) is 6.65. The first-order chi connectivity index (χ1) is 7.08. The molecule has 2 nitrogen and oxygen atoms in total. The number of nitrogens with zero attached hydrogens (tertiary/aromatic N) is 2. The molecule has 0 aliphatic heterocycles. The lowest BCUT2D eigenvalue weighted by molar-refractivity contribution is 0.868. The molecule has 0 unspecified atom stereocenters. The minimum absolute atomic E-state index is 0.568. The highest BCUT2D eigenvalue weighted by molar-refractivity contribution is 7.22. The zero-order valence-electron chi connectivity index (χ0n) is 9.61. The van der Waals surface area contributed by atoms with Crippen molar-refractivity contribution >= 4 is 26.7 Å². The summed E-state index contributed by atoms with van der Waals surface area (Å²) < 4.78 is 1.27. The number of rotatable bonds is 2. The predicted molar refractivity (Wildman–Crippen MR) is 68.0 cm³/mol. The van der Waals surface area contributed by atoms with Gasteiger partial charge in [0.15, 0.2) is 5.13 Å². The Balaban J connectivity index is 2.52. The average Bonchev–Trinajstić information content (AvgIpc) is 2.59. The van der Waals surface area contributed by atoms with Gasteiger partial charge in [0.25, 0.3) is 0 Å². The third-order valence-electron chi connectivity index (χ3n) is 2.45. The standard InChI is InChI=1S/C12H16N2S/c1-8(2)9-5-6-11-10(7-9)13-12(15-11)14(3)4/h5-8H,1-4H3. The van der Waals surface area contributed by atoms with Crippen LogP contribution in [0.1, 0.15) is 25.3 Å². The molecule has 0 bridgehead atoms. The van der Waals surface area contributed by atoms with Gasteiger partial charge in [0, 0.05) is 14.1 Å². The molecule has 0 spiro atoms. The topological polar surface area (TPSA) is 16.1 Å². The van der Waals surface area contributed by atoms with Gasteiger partial charge in [-0.25, -0.2) is 4.98 Å². The largest absolute Gasteiger partial charge is 0.354 e. The molecule has 0 radical (unpaired) electrons. The Labute approximate surface area is 94.6 Å². The zero-order chi connectivity index (χ0) is 11.0. The van der Waals surface area contributed by atoms with Gasteiger partial charge in [0.2, 0.25) is 0 Å². The van der Waals surface area contributed by atoms with E-state index in [1.165, 1.54) is 10.3 Å². The van der Waals surface area contributed by atoms with Crippen molar-refractivity contribution in [2.24, 2.45) is 0 Å². The maximum absolute atomic E-state index is 4.60. The Kier molecular flexibility index (Phi) is 2.65. The van der Waals surface area contributed by atoms with E-state index >= 15 is 0 Å². The first kappa shape index (κ1) is 10.4. The van der Waals surface area contributed by atoms with Crippen LogP contribution in [0.2, 0.25) is 0 Å². The molecule has 0 aliphatic carbocycles. The molecule has 0 N–H and O–H groups in total. The molecule has 80 valence electrons. The van der Waals surface area contributed by atoms with E-state index in [1.54, 1.807) is 11.3 Å². The highest BCUT2D eigenvalue weighted by Gasteiger charge is 2.07. The van der Waals surface area contributed by atoms with Gasteiger partial charge in [0.05, 0.1) is 10.2 Å². The van der Waals surface area contributed by atoms with Crippen LogP contribution in [0, 0.1) is 0 Å².